The van der Waals surface area contributed by atoms with Gasteiger partial charge in [0.2, 0.25) is 0 Å². The van der Waals surface area contributed by atoms with Gasteiger partial charge in [-0.3, -0.25) is 0 Å². The van der Waals surface area contributed by atoms with Crippen LogP contribution < -0.4 is 0 Å². The fourth-order valence-corrected chi connectivity index (χ4v) is 1.55. The Balaban J connectivity index is 2.34. The van der Waals surface area contributed by atoms with E-state index in [0.29, 0.717) is 12.2 Å². The van der Waals surface area contributed by atoms with Crippen molar-refractivity contribution in [1.29, 1.82) is 5.26 Å². The molecule has 0 saturated carbocycles. The van der Waals surface area contributed by atoms with Crippen LogP contribution in [0.1, 0.15) is 22.7 Å². The molecule has 4 nitrogen and oxygen atoms in total. The van der Waals surface area contributed by atoms with Crippen LogP contribution >= 0.6 is 0 Å². The van der Waals surface area contributed by atoms with Crippen molar-refractivity contribution in [3.8, 4) is 6.07 Å². The van der Waals surface area contributed by atoms with Crippen LogP contribution in [-0.2, 0) is 6.54 Å². The Hall–Kier alpha value is -2.02. The molecule has 0 unspecified atom stereocenters. The lowest BCUT2D eigenvalue weighted by molar-refractivity contribution is 0.392. The topological polar surface area (TPSA) is 54.8 Å². The predicted molar refractivity (Wildman–Crippen MR) is 54.2 cm³/mol. The maximum absolute atomic E-state index is 8.86. The molecule has 0 amide bonds. The van der Waals surface area contributed by atoms with Gasteiger partial charge < -0.3 is 9.09 Å². The zero-order valence-electron chi connectivity index (χ0n) is 8.69. The van der Waals surface area contributed by atoms with Gasteiger partial charge in [-0.2, -0.15) is 5.26 Å². The Labute approximate surface area is 87.7 Å². The van der Waals surface area contributed by atoms with Crippen LogP contribution in [0.25, 0.3) is 0 Å². The Morgan fingerprint density at radius 3 is 2.93 bits per heavy atom. The molecule has 2 aromatic heterocycles. The van der Waals surface area contributed by atoms with Crippen LogP contribution in [-0.4, -0.2) is 9.72 Å². The zero-order valence-corrected chi connectivity index (χ0v) is 8.69. The monoisotopic (exact) mass is 201 g/mol. The van der Waals surface area contributed by atoms with Crippen LogP contribution in [0.4, 0.5) is 0 Å². The number of nitriles is 1. The van der Waals surface area contributed by atoms with Crippen molar-refractivity contribution in [3.63, 3.8) is 0 Å². The predicted octanol–water partition coefficient (Wildman–Crippen LogP) is 2.01. The van der Waals surface area contributed by atoms with Crippen molar-refractivity contribution >= 4 is 0 Å². The summed E-state index contributed by atoms with van der Waals surface area (Å²) < 4.78 is 6.95. The average molecular weight is 201 g/mol. The molecular formula is C11H11N3O. The molecule has 2 heterocycles. The number of nitrogens with zero attached hydrogens (tertiary/aromatic N) is 3. The van der Waals surface area contributed by atoms with Gasteiger partial charge in [0.25, 0.3) is 0 Å². The first-order valence-corrected chi connectivity index (χ1v) is 4.69. The molecule has 0 fully saturated rings. The zero-order chi connectivity index (χ0) is 10.8. The smallest absolute Gasteiger partial charge is 0.138 e. The highest BCUT2D eigenvalue weighted by Crippen LogP contribution is 2.15. The third kappa shape index (κ3) is 1.64. The summed E-state index contributed by atoms with van der Waals surface area (Å²) in [6.45, 7) is 4.42. The van der Waals surface area contributed by atoms with Gasteiger partial charge >= 0.3 is 0 Å². The quantitative estimate of drug-likeness (QED) is 0.746. The van der Waals surface area contributed by atoms with E-state index in [1.54, 1.807) is 6.07 Å². The molecule has 0 aliphatic heterocycles. The number of hydrogen-bond donors (Lipinski definition) is 0. The van der Waals surface area contributed by atoms with Gasteiger partial charge in [-0.15, -0.1) is 0 Å². The summed E-state index contributed by atoms with van der Waals surface area (Å²) in [4.78, 5) is 0. The highest BCUT2D eigenvalue weighted by molar-refractivity contribution is 5.26. The number of rotatable bonds is 2. The molecule has 0 aliphatic rings. The third-order valence-corrected chi connectivity index (χ3v) is 2.45. The second-order valence-electron chi connectivity index (χ2n) is 3.44. The Morgan fingerprint density at radius 1 is 1.53 bits per heavy atom. The van der Waals surface area contributed by atoms with Crippen LogP contribution in [0.15, 0.2) is 22.9 Å². The minimum atomic E-state index is 0.636. The van der Waals surface area contributed by atoms with E-state index in [0.717, 1.165) is 17.0 Å². The summed E-state index contributed by atoms with van der Waals surface area (Å²) in [6, 6.07) is 5.79. The Bertz CT molecular complexity index is 497. The third-order valence-electron chi connectivity index (χ3n) is 2.45. The van der Waals surface area contributed by atoms with Gasteiger partial charge in [-0.05, 0) is 26.0 Å². The summed E-state index contributed by atoms with van der Waals surface area (Å²) in [5.74, 6) is 0.810. The summed E-state index contributed by atoms with van der Waals surface area (Å²) in [6.07, 6.45) is 1.88. The van der Waals surface area contributed by atoms with E-state index in [1.807, 2.05) is 30.7 Å². The molecule has 2 rings (SSSR count). The van der Waals surface area contributed by atoms with Gasteiger partial charge in [0.05, 0.1) is 12.2 Å². The van der Waals surface area contributed by atoms with Crippen molar-refractivity contribution in [1.82, 2.24) is 9.72 Å². The lowest BCUT2D eigenvalue weighted by Gasteiger charge is -2.03. The fraction of sp³-hybridized carbons (Fsp3) is 0.273. The van der Waals surface area contributed by atoms with Crippen molar-refractivity contribution in [3.05, 3.63) is 41.0 Å². The van der Waals surface area contributed by atoms with Gasteiger partial charge in [0.15, 0.2) is 0 Å². The van der Waals surface area contributed by atoms with Gasteiger partial charge in [0.1, 0.15) is 17.5 Å². The first-order valence-electron chi connectivity index (χ1n) is 4.69. The van der Waals surface area contributed by atoms with Crippen LogP contribution in [0.2, 0.25) is 0 Å². The normalized spacial score (nSPS) is 10.2. The molecule has 0 radical (unpaired) electrons. The molecule has 0 bridgehead atoms. The van der Waals surface area contributed by atoms with E-state index < -0.39 is 0 Å². The fourth-order valence-electron chi connectivity index (χ4n) is 1.55. The highest BCUT2D eigenvalue weighted by atomic mass is 16.5. The number of hydrogen-bond acceptors (Lipinski definition) is 3. The molecule has 2 aromatic rings. The van der Waals surface area contributed by atoms with Crippen molar-refractivity contribution in [2.24, 2.45) is 0 Å². The summed E-state index contributed by atoms with van der Waals surface area (Å²) >= 11 is 0. The Morgan fingerprint density at radius 2 is 2.33 bits per heavy atom. The van der Waals surface area contributed by atoms with Crippen LogP contribution in [0.3, 0.4) is 0 Å². The first-order chi connectivity index (χ1) is 7.22. The minimum absolute atomic E-state index is 0.636. The molecule has 15 heavy (non-hydrogen) atoms. The van der Waals surface area contributed by atoms with Gasteiger partial charge in [-0.1, -0.05) is 5.16 Å². The lowest BCUT2D eigenvalue weighted by atomic mass is 10.2. The number of aromatic nitrogens is 2. The SMILES string of the molecule is Cc1noc(C)c1Cn1cccc1C#N. The summed E-state index contributed by atoms with van der Waals surface area (Å²) in [7, 11) is 0. The van der Waals surface area contributed by atoms with E-state index in [2.05, 4.69) is 11.2 Å². The summed E-state index contributed by atoms with van der Waals surface area (Å²) in [5, 5.41) is 12.7. The molecule has 0 saturated heterocycles. The van der Waals surface area contributed by atoms with E-state index >= 15 is 0 Å². The second kappa shape index (κ2) is 3.62. The maximum Gasteiger partial charge on any atom is 0.138 e. The van der Waals surface area contributed by atoms with E-state index in [-0.39, 0.29) is 0 Å². The Kier molecular flexibility index (Phi) is 2.30. The van der Waals surface area contributed by atoms with Crippen LogP contribution in [0.5, 0.6) is 0 Å². The van der Waals surface area contributed by atoms with Crippen molar-refractivity contribution in [2.75, 3.05) is 0 Å². The number of aryl methyl sites for hydroxylation is 2. The molecule has 76 valence electrons. The maximum atomic E-state index is 8.86. The van der Waals surface area contributed by atoms with Gasteiger partial charge in [-0.25, -0.2) is 0 Å². The second-order valence-corrected chi connectivity index (χ2v) is 3.44. The molecule has 4 heteroatoms. The van der Waals surface area contributed by atoms with E-state index in [4.69, 9.17) is 9.78 Å². The average Bonchev–Trinajstić information content (AvgIpc) is 2.79. The van der Waals surface area contributed by atoms with Crippen LogP contribution in [0, 0.1) is 25.2 Å². The van der Waals surface area contributed by atoms with E-state index in [9.17, 15) is 0 Å². The minimum Gasteiger partial charge on any atom is -0.361 e. The molecule has 0 aromatic carbocycles. The standard InChI is InChI=1S/C11H11N3O/c1-8-11(9(2)15-13-8)7-14-5-3-4-10(14)6-12/h3-5H,7H2,1-2H3. The molecule has 0 spiro atoms. The van der Waals surface area contributed by atoms with Crippen molar-refractivity contribution < 1.29 is 4.52 Å². The highest BCUT2D eigenvalue weighted by Gasteiger charge is 2.10. The first kappa shape index (κ1) is 9.53. The summed E-state index contributed by atoms with van der Waals surface area (Å²) in [5.41, 5.74) is 2.57. The van der Waals surface area contributed by atoms with E-state index in [1.165, 1.54) is 0 Å². The molecule has 0 atom stereocenters. The largest absolute Gasteiger partial charge is 0.361 e. The molecule has 0 N–H and O–H groups in total. The lowest BCUT2D eigenvalue weighted by Crippen LogP contribution is -2.02. The molecular weight excluding hydrogens is 190 g/mol. The van der Waals surface area contributed by atoms with Gasteiger partial charge in [0, 0.05) is 11.8 Å². The molecule has 0 aliphatic carbocycles. The van der Waals surface area contributed by atoms with Crippen molar-refractivity contribution in [2.45, 2.75) is 20.4 Å².